The first kappa shape index (κ1) is 18.6. The Kier molecular flexibility index (Phi) is 6.50. The van der Waals surface area contributed by atoms with E-state index < -0.39 is 0 Å². The van der Waals surface area contributed by atoms with E-state index in [0.29, 0.717) is 17.1 Å². The Hall–Kier alpha value is -1.74. The summed E-state index contributed by atoms with van der Waals surface area (Å²) < 4.78 is 6.63. The number of nitrogens with zero attached hydrogens (tertiary/aromatic N) is 1. The van der Waals surface area contributed by atoms with Crippen LogP contribution in [0.2, 0.25) is 0 Å². The number of nitrogens with one attached hydrogen (secondary N) is 2. The van der Waals surface area contributed by atoms with Gasteiger partial charge in [-0.3, -0.25) is 10.1 Å². The number of anilines is 1. The highest BCUT2D eigenvalue weighted by molar-refractivity contribution is 14.1. The molecule has 5 nitrogen and oxygen atoms in total. The molecule has 0 unspecified atom stereocenters. The van der Waals surface area contributed by atoms with Gasteiger partial charge in [-0.25, -0.2) is 4.98 Å². The predicted octanol–water partition coefficient (Wildman–Crippen LogP) is 3.91. The van der Waals surface area contributed by atoms with Gasteiger partial charge in [0.25, 0.3) is 5.91 Å². The minimum absolute atomic E-state index is 0.0426. The third kappa shape index (κ3) is 5.41. The van der Waals surface area contributed by atoms with E-state index in [0.717, 1.165) is 9.13 Å². The number of carbonyl (C=O) groups excluding carboxylic acids is 1. The van der Waals surface area contributed by atoms with Crippen molar-refractivity contribution in [3.05, 3.63) is 51.2 Å². The van der Waals surface area contributed by atoms with Crippen LogP contribution in [0.4, 0.5) is 5.82 Å². The topological polar surface area (TPSA) is 63.2 Å². The maximum absolute atomic E-state index is 12.3. The molecule has 0 bridgehead atoms. The summed E-state index contributed by atoms with van der Waals surface area (Å²) in [6.07, 6.45) is 1.77. The molecule has 7 heteroatoms. The van der Waals surface area contributed by atoms with Gasteiger partial charge in [0.1, 0.15) is 11.6 Å². The van der Waals surface area contributed by atoms with Gasteiger partial charge in [-0.15, -0.1) is 0 Å². The number of halogens is 1. The molecule has 1 heterocycles. The molecule has 0 aliphatic rings. The van der Waals surface area contributed by atoms with Gasteiger partial charge in [-0.05, 0) is 85.4 Å². The molecule has 1 aromatic heterocycles. The Bertz CT molecular complexity index is 765. The van der Waals surface area contributed by atoms with Crippen molar-refractivity contribution < 1.29 is 9.53 Å². The fourth-order valence-electron chi connectivity index (χ4n) is 1.97. The molecular formula is C17H18IN3O2S. The zero-order chi connectivity index (χ0) is 17.7. The number of rotatable bonds is 4. The summed E-state index contributed by atoms with van der Waals surface area (Å²) in [5, 5.41) is 5.79. The van der Waals surface area contributed by atoms with Gasteiger partial charge in [-0.1, -0.05) is 6.07 Å². The molecule has 2 rings (SSSR count). The van der Waals surface area contributed by atoms with E-state index in [1.54, 1.807) is 24.4 Å². The summed E-state index contributed by atoms with van der Waals surface area (Å²) in [6.45, 7) is 5.79. The molecule has 2 aromatic rings. The molecule has 0 radical (unpaired) electrons. The van der Waals surface area contributed by atoms with Gasteiger partial charge in [0, 0.05) is 15.3 Å². The van der Waals surface area contributed by atoms with Gasteiger partial charge in [0.05, 0.1) is 6.10 Å². The number of aryl methyl sites for hydroxylation is 1. The third-order valence-corrected chi connectivity index (χ3v) is 3.77. The lowest BCUT2D eigenvalue weighted by Crippen LogP contribution is -2.34. The van der Waals surface area contributed by atoms with Crippen LogP contribution in [0.25, 0.3) is 0 Å². The third-order valence-electron chi connectivity index (χ3n) is 2.97. The van der Waals surface area contributed by atoms with E-state index in [-0.39, 0.29) is 17.1 Å². The number of pyridine rings is 1. The Morgan fingerprint density at radius 2 is 2.08 bits per heavy atom. The zero-order valence-corrected chi connectivity index (χ0v) is 16.6. The molecule has 0 fully saturated rings. The van der Waals surface area contributed by atoms with Crippen molar-refractivity contribution in [1.29, 1.82) is 0 Å². The first-order valence-electron chi connectivity index (χ1n) is 7.36. The predicted molar refractivity (Wildman–Crippen MR) is 108 cm³/mol. The van der Waals surface area contributed by atoms with Crippen molar-refractivity contribution in [1.82, 2.24) is 10.3 Å². The van der Waals surface area contributed by atoms with Crippen LogP contribution in [0.15, 0.2) is 36.5 Å². The number of carbonyl (C=O) groups is 1. The van der Waals surface area contributed by atoms with E-state index in [9.17, 15) is 4.79 Å². The number of amides is 1. The number of aromatic nitrogens is 1. The van der Waals surface area contributed by atoms with Gasteiger partial charge in [0.15, 0.2) is 5.11 Å². The van der Waals surface area contributed by atoms with Crippen molar-refractivity contribution in [2.75, 3.05) is 5.32 Å². The Morgan fingerprint density at radius 1 is 1.33 bits per heavy atom. The lowest BCUT2D eigenvalue weighted by atomic mass is 10.2. The highest BCUT2D eigenvalue weighted by Crippen LogP contribution is 2.16. The molecule has 1 amide bonds. The Balaban J connectivity index is 2.02. The summed E-state index contributed by atoms with van der Waals surface area (Å²) in [6, 6.07) is 8.96. The van der Waals surface area contributed by atoms with Crippen LogP contribution in [0.1, 0.15) is 29.8 Å². The first-order chi connectivity index (χ1) is 11.3. The summed E-state index contributed by atoms with van der Waals surface area (Å²) >= 11 is 7.38. The van der Waals surface area contributed by atoms with Crippen LogP contribution in [-0.4, -0.2) is 22.1 Å². The second-order valence-electron chi connectivity index (χ2n) is 5.42. The van der Waals surface area contributed by atoms with Gasteiger partial charge >= 0.3 is 0 Å². The summed E-state index contributed by atoms with van der Waals surface area (Å²) in [4.78, 5) is 16.6. The van der Waals surface area contributed by atoms with Crippen LogP contribution in [0.3, 0.4) is 0 Å². The van der Waals surface area contributed by atoms with Crippen LogP contribution in [0.5, 0.6) is 5.75 Å². The lowest BCUT2D eigenvalue weighted by Gasteiger charge is -2.12. The van der Waals surface area contributed by atoms with Gasteiger partial charge in [0.2, 0.25) is 0 Å². The van der Waals surface area contributed by atoms with Gasteiger partial charge < -0.3 is 10.1 Å². The highest BCUT2D eigenvalue weighted by atomic mass is 127. The van der Waals surface area contributed by atoms with Crippen LogP contribution >= 0.6 is 34.8 Å². The average Bonchev–Trinajstić information content (AvgIpc) is 2.49. The van der Waals surface area contributed by atoms with E-state index >= 15 is 0 Å². The summed E-state index contributed by atoms with van der Waals surface area (Å²) in [7, 11) is 0. The maximum atomic E-state index is 12.3. The van der Waals surface area contributed by atoms with Crippen LogP contribution in [0, 0.1) is 10.5 Å². The monoisotopic (exact) mass is 455 g/mol. The smallest absolute Gasteiger partial charge is 0.257 e. The fourth-order valence-corrected chi connectivity index (χ4v) is 2.76. The molecular weight excluding hydrogens is 437 g/mol. The van der Waals surface area contributed by atoms with Crippen molar-refractivity contribution in [3.63, 3.8) is 0 Å². The van der Waals surface area contributed by atoms with Crippen molar-refractivity contribution in [3.8, 4) is 5.75 Å². The molecule has 0 saturated heterocycles. The largest absolute Gasteiger partial charge is 0.491 e. The van der Waals surface area contributed by atoms with E-state index in [2.05, 4.69) is 38.2 Å². The normalized spacial score (nSPS) is 10.4. The highest BCUT2D eigenvalue weighted by Gasteiger charge is 2.11. The van der Waals surface area contributed by atoms with Crippen LogP contribution < -0.4 is 15.4 Å². The summed E-state index contributed by atoms with van der Waals surface area (Å²) in [5.74, 6) is 0.967. The number of hydrogen-bond donors (Lipinski definition) is 2. The number of ether oxygens (including phenoxy) is 1. The molecule has 24 heavy (non-hydrogen) atoms. The van der Waals surface area contributed by atoms with Crippen molar-refractivity contribution in [2.24, 2.45) is 0 Å². The fraction of sp³-hybridized carbons (Fsp3) is 0.235. The molecule has 0 spiro atoms. The minimum atomic E-state index is -0.301. The molecule has 0 saturated carbocycles. The molecule has 0 aliphatic heterocycles. The summed E-state index contributed by atoms with van der Waals surface area (Å²) in [5.41, 5.74) is 1.43. The molecule has 1 aromatic carbocycles. The number of benzene rings is 1. The van der Waals surface area contributed by atoms with Crippen molar-refractivity contribution in [2.45, 2.75) is 26.9 Å². The first-order valence-corrected chi connectivity index (χ1v) is 8.85. The SMILES string of the molecule is Cc1cc(I)cnc1NC(=S)NC(=O)c1cccc(OC(C)C)c1. The van der Waals surface area contributed by atoms with Gasteiger partial charge in [-0.2, -0.15) is 0 Å². The van der Waals surface area contributed by atoms with E-state index in [1.807, 2.05) is 32.9 Å². The lowest BCUT2D eigenvalue weighted by molar-refractivity contribution is 0.0977. The Labute approximate surface area is 160 Å². The second kappa shape index (κ2) is 8.39. The van der Waals surface area contributed by atoms with E-state index in [1.165, 1.54) is 0 Å². The maximum Gasteiger partial charge on any atom is 0.257 e. The molecule has 0 aliphatic carbocycles. The number of thiocarbonyl (C=S) groups is 1. The molecule has 0 atom stereocenters. The van der Waals surface area contributed by atoms with E-state index in [4.69, 9.17) is 17.0 Å². The molecule has 2 N–H and O–H groups in total. The van der Waals surface area contributed by atoms with Crippen molar-refractivity contribution >= 4 is 51.6 Å². The quantitative estimate of drug-likeness (QED) is 0.541. The molecule has 126 valence electrons. The standard InChI is InChI=1S/C17H18IN3O2S/c1-10(2)23-14-6-4-5-12(8-14)16(22)21-17(24)20-15-11(3)7-13(18)9-19-15/h4-10H,1-3H3,(H2,19,20,21,22,24). The van der Waals surface area contributed by atoms with Crippen LogP contribution in [-0.2, 0) is 0 Å². The minimum Gasteiger partial charge on any atom is -0.491 e. The Morgan fingerprint density at radius 3 is 2.75 bits per heavy atom. The zero-order valence-electron chi connectivity index (χ0n) is 13.6. The second-order valence-corrected chi connectivity index (χ2v) is 7.08. The number of hydrogen-bond acceptors (Lipinski definition) is 4. The average molecular weight is 455 g/mol.